The van der Waals surface area contributed by atoms with Crippen LogP contribution in [-0.4, -0.2) is 18.2 Å². The zero-order valence-corrected chi connectivity index (χ0v) is 11.7. The van der Waals surface area contributed by atoms with Gasteiger partial charge in [0.1, 0.15) is 0 Å². The summed E-state index contributed by atoms with van der Waals surface area (Å²) in [7, 11) is 0. The summed E-state index contributed by atoms with van der Waals surface area (Å²) in [6.07, 6.45) is 5.48. The van der Waals surface area contributed by atoms with Crippen LogP contribution in [-0.2, 0) is 11.3 Å². The molecular formula is C18H21NO. The third-order valence-electron chi connectivity index (χ3n) is 4.73. The minimum absolute atomic E-state index is 0.445. The first-order valence-corrected chi connectivity index (χ1v) is 7.72. The summed E-state index contributed by atoms with van der Waals surface area (Å²) in [5, 5.41) is 6.27. The summed E-state index contributed by atoms with van der Waals surface area (Å²) in [6, 6.07) is 16.6. The molecule has 0 aromatic heterocycles. The molecule has 2 aromatic rings. The van der Waals surface area contributed by atoms with E-state index in [4.69, 9.17) is 4.74 Å². The van der Waals surface area contributed by atoms with E-state index in [1.54, 1.807) is 0 Å². The Morgan fingerprint density at radius 2 is 1.70 bits per heavy atom. The number of benzene rings is 2. The second kappa shape index (κ2) is 5.19. The number of nitrogens with one attached hydrogen (secondary N) is 1. The Balaban J connectivity index is 1.43. The molecule has 2 unspecified atom stereocenters. The highest BCUT2D eigenvalue weighted by atomic mass is 16.5. The number of ether oxygens (including phenoxy) is 1. The summed E-state index contributed by atoms with van der Waals surface area (Å²) in [4.78, 5) is 0. The fourth-order valence-electron chi connectivity index (χ4n) is 3.68. The second-order valence-corrected chi connectivity index (χ2v) is 6.22. The van der Waals surface area contributed by atoms with Gasteiger partial charge in [-0.3, -0.25) is 0 Å². The van der Waals surface area contributed by atoms with E-state index < -0.39 is 0 Å². The molecule has 0 spiro atoms. The van der Waals surface area contributed by atoms with Crippen LogP contribution >= 0.6 is 0 Å². The van der Waals surface area contributed by atoms with Crippen molar-refractivity contribution in [2.45, 2.75) is 50.5 Å². The number of hydrogen-bond acceptors (Lipinski definition) is 2. The number of fused-ring (bicyclic) bond motifs is 3. The van der Waals surface area contributed by atoms with Crippen molar-refractivity contribution in [1.29, 1.82) is 0 Å². The maximum Gasteiger partial charge on any atom is 0.0720 e. The Morgan fingerprint density at radius 3 is 2.50 bits per heavy atom. The largest absolute Gasteiger partial charge is 0.373 e. The molecule has 2 fully saturated rings. The molecule has 2 aliphatic heterocycles. The Hall–Kier alpha value is -1.38. The van der Waals surface area contributed by atoms with Crippen molar-refractivity contribution in [3.05, 3.63) is 48.0 Å². The molecule has 0 aliphatic carbocycles. The standard InChI is InChI=1S/C18H21NO/c1-2-4-15-9-13(5-6-14(15)3-1)12-20-18-10-16-7-8-17(11-18)19-16/h1-6,9,16-19H,7-8,10-12H2. The van der Waals surface area contributed by atoms with E-state index >= 15 is 0 Å². The highest BCUT2D eigenvalue weighted by molar-refractivity contribution is 5.82. The lowest BCUT2D eigenvalue weighted by molar-refractivity contribution is 0.00922. The molecule has 0 radical (unpaired) electrons. The third kappa shape index (κ3) is 2.46. The van der Waals surface area contributed by atoms with E-state index in [-0.39, 0.29) is 0 Å². The van der Waals surface area contributed by atoms with Crippen LogP contribution in [0.4, 0.5) is 0 Å². The summed E-state index contributed by atoms with van der Waals surface area (Å²) in [5.74, 6) is 0. The van der Waals surface area contributed by atoms with Crippen molar-refractivity contribution in [2.75, 3.05) is 0 Å². The summed E-state index contributed by atoms with van der Waals surface area (Å²) >= 11 is 0. The van der Waals surface area contributed by atoms with Gasteiger partial charge in [0.15, 0.2) is 0 Å². The third-order valence-corrected chi connectivity index (χ3v) is 4.73. The van der Waals surface area contributed by atoms with Gasteiger partial charge in [-0.05, 0) is 48.1 Å². The van der Waals surface area contributed by atoms with Gasteiger partial charge in [0.25, 0.3) is 0 Å². The average Bonchev–Trinajstić information content (AvgIpc) is 2.84. The minimum atomic E-state index is 0.445. The van der Waals surface area contributed by atoms with E-state index in [0.717, 1.165) is 6.61 Å². The van der Waals surface area contributed by atoms with Gasteiger partial charge in [-0.1, -0.05) is 36.4 Å². The van der Waals surface area contributed by atoms with Crippen LogP contribution in [0.2, 0.25) is 0 Å². The van der Waals surface area contributed by atoms with Gasteiger partial charge in [0, 0.05) is 12.1 Å². The van der Waals surface area contributed by atoms with Gasteiger partial charge in [-0.25, -0.2) is 0 Å². The van der Waals surface area contributed by atoms with Crippen LogP contribution in [0.1, 0.15) is 31.2 Å². The van der Waals surface area contributed by atoms with Crippen molar-refractivity contribution in [1.82, 2.24) is 5.32 Å². The molecule has 0 saturated carbocycles. The highest BCUT2D eigenvalue weighted by Gasteiger charge is 2.33. The summed E-state index contributed by atoms with van der Waals surface area (Å²) in [6.45, 7) is 0.745. The van der Waals surface area contributed by atoms with Crippen LogP contribution in [0, 0.1) is 0 Å². The summed E-state index contributed by atoms with van der Waals surface area (Å²) in [5.41, 5.74) is 1.29. The molecule has 104 valence electrons. The quantitative estimate of drug-likeness (QED) is 0.916. The maximum atomic E-state index is 6.16. The Labute approximate surface area is 120 Å². The van der Waals surface area contributed by atoms with Crippen molar-refractivity contribution < 1.29 is 4.74 Å². The van der Waals surface area contributed by atoms with Crippen LogP contribution in [0.3, 0.4) is 0 Å². The van der Waals surface area contributed by atoms with Crippen molar-refractivity contribution in [3.8, 4) is 0 Å². The fraction of sp³-hybridized carbons (Fsp3) is 0.444. The first-order valence-electron chi connectivity index (χ1n) is 7.72. The molecule has 2 heteroatoms. The van der Waals surface area contributed by atoms with Gasteiger partial charge >= 0.3 is 0 Å². The lowest BCUT2D eigenvalue weighted by Crippen LogP contribution is -2.41. The monoisotopic (exact) mass is 267 g/mol. The topological polar surface area (TPSA) is 21.3 Å². The maximum absolute atomic E-state index is 6.16. The molecule has 2 saturated heterocycles. The second-order valence-electron chi connectivity index (χ2n) is 6.22. The van der Waals surface area contributed by atoms with Crippen molar-refractivity contribution >= 4 is 10.8 Å². The molecule has 1 N–H and O–H groups in total. The van der Waals surface area contributed by atoms with Crippen LogP contribution in [0.15, 0.2) is 42.5 Å². The van der Waals surface area contributed by atoms with E-state index in [2.05, 4.69) is 47.8 Å². The zero-order valence-electron chi connectivity index (χ0n) is 11.7. The molecule has 2 atom stereocenters. The number of hydrogen-bond donors (Lipinski definition) is 1. The molecule has 2 heterocycles. The van der Waals surface area contributed by atoms with E-state index in [0.29, 0.717) is 18.2 Å². The fourth-order valence-corrected chi connectivity index (χ4v) is 3.68. The van der Waals surface area contributed by atoms with Crippen LogP contribution in [0.25, 0.3) is 10.8 Å². The number of rotatable bonds is 3. The Bertz CT molecular complexity index is 597. The highest BCUT2D eigenvalue weighted by Crippen LogP contribution is 2.29. The van der Waals surface area contributed by atoms with Gasteiger partial charge in [0.05, 0.1) is 12.7 Å². The first kappa shape index (κ1) is 12.4. The van der Waals surface area contributed by atoms with Gasteiger partial charge in [0.2, 0.25) is 0 Å². The normalized spacial score (nSPS) is 28.9. The van der Waals surface area contributed by atoms with Crippen molar-refractivity contribution in [3.63, 3.8) is 0 Å². The average molecular weight is 267 g/mol. The van der Waals surface area contributed by atoms with Gasteiger partial charge < -0.3 is 10.1 Å². The zero-order chi connectivity index (χ0) is 13.4. The van der Waals surface area contributed by atoms with Crippen LogP contribution in [0.5, 0.6) is 0 Å². The molecule has 2 aliphatic rings. The molecule has 2 nitrogen and oxygen atoms in total. The predicted molar refractivity (Wildman–Crippen MR) is 81.7 cm³/mol. The van der Waals surface area contributed by atoms with E-state index in [9.17, 15) is 0 Å². The minimum Gasteiger partial charge on any atom is -0.373 e. The Morgan fingerprint density at radius 1 is 0.950 bits per heavy atom. The Kier molecular flexibility index (Phi) is 3.21. The molecule has 4 rings (SSSR count). The van der Waals surface area contributed by atoms with Gasteiger partial charge in [-0.15, -0.1) is 0 Å². The first-order chi connectivity index (χ1) is 9.87. The number of piperidine rings is 1. The molecule has 0 amide bonds. The van der Waals surface area contributed by atoms with E-state index in [1.165, 1.54) is 42.0 Å². The molecule has 2 bridgehead atoms. The smallest absolute Gasteiger partial charge is 0.0720 e. The van der Waals surface area contributed by atoms with Crippen LogP contribution < -0.4 is 5.32 Å². The predicted octanol–water partition coefficient (Wildman–Crippen LogP) is 3.64. The lowest BCUT2D eigenvalue weighted by Gasteiger charge is -2.29. The SMILES string of the molecule is c1ccc2cc(COC3CC4CCC(C3)N4)ccc2c1. The molecular weight excluding hydrogens is 246 g/mol. The van der Waals surface area contributed by atoms with Crippen molar-refractivity contribution in [2.24, 2.45) is 0 Å². The molecule has 20 heavy (non-hydrogen) atoms. The summed E-state index contributed by atoms with van der Waals surface area (Å²) < 4.78 is 6.16. The van der Waals surface area contributed by atoms with Gasteiger partial charge in [-0.2, -0.15) is 0 Å². The molecule has 2 aromatic carbocycles. The lowest BCUT2D eigenvalue weighted by atomic mass is 10.0. The van der Waals surface area contributed by atoms with E-state index in [1.807, 2.05) is 0 Å².